The Morgan fingerprint density at radius 2 is 2.00 bits per heavy atom. The maximum Gasteiger partial charge on any atom is 0.292 e. The fourth-order valence-electron chi connectivity index (χ4n) is 2.50. The van der Waals surface area contributed by atoms with E-state index in [2.05, 4.69) is 20.9 Å². The molecule has 5 nitrogen and oxygen atoms in total. The highest BCUT2D eigenvalue weighted by molar-refractivity contribution is 9.10. The molecule has 1 saturated heterocycles. The summed E-state index contributed by atoms with van der Waals surface area (Å²) in [5, 5.41) is 1.90. The lowest BCUT2D eigenvalue weighted by Gasteiger charge is -2.14. The molecule has 2 heterocycles. The Kier molecular flexibility index (Phi) is 4.31. The van der Waals surface area contributed by atoms with E-state index in [1.807, 2.05) is 29.6 Å². The minimum absolute atomic E-state index is 0.153. The lowest BCUT2D eigenvalue weighted by atomic mass is 10.2. The Labute approximate surface area is 136 Å². The third kappa shape index (κ3) is 3.08. The number of imide groups is 1. The van der Waals surface area contributed by atoms with Gasteiger partial charge in [-0.25, -0.2) is 4.90 Å². The van der Waals surface area contributed by atoms with Gasteiger partial charge in [0.1, 0.15) is 6.54 Å². The van der Waals surface area contributed by atoms with Crippen molar-refractivity contribution in [3.63, 3.8) is 0 Å². The van der Waals surface area contributed by atoms with E-state index >= 15 is 0 Å². The van der Waals surface area contributed by atoms with E-state index in [1.165, 1.54) is 4.90 Å². The number of quaternary nitrogens is 1. The number of carbonyl (C=O) groups is 2. The summed E-state index contributed by atoms with van der Waals surface area (Å²) in [4.78, 5) is 29.9. The maximum atomic E-state index is 12.5. The summed E-state index contributed by atoms with van der Waals surface area (Å²) in [5.41, 5.74) is 1.65. The largest absolute Gasteiger partial charge is 0.332 e. The monoisotopic (exact) mass is 360 g/mol. The fourth-order valence-corrected chi connectivity index (χ4v) is 2.76. The van der Waals surface area contributed by atoms with Gasteiger partial charge in [0, 0.05) is 22.4 Å². The summed E-state index contributed by atoms with van der Waals surface area (Å²) in [6, 6.07) is 10.6. The molecule has 2 N–H and O–H groups in total. The van der Waals surface area contributed by atoms with Gasteiger partial charge in [-0.15, -0.1) is 0 Å². The minimum atomic E-state index is -0.364. The molecule has 0 saturated carbocycles. The lowest BCUT2D eigenvalue weighted by Crippen LogP contribution is -2.90. The van der Waals surface area contributed by atoms with Crippen molar-refractivity contribution in [2.45, 2.75) is 19.0 Å². The second kappa shape index (κ2) is 6.37. The zero-order valence-electron chi connectivity index (χ0n) is 11.8. The van der Waals surface area contributed by atoms with Crippen LogP contribution in [0.5, 0.6) is 0 Å². The van der Waals surface area contributed by atoms with E-state index in [4.69, 9.17) is 0 Å². The van der Waals surface area contributed by atoms with Crippen molar-refractivity contribution < 1.29 is 14.9 Å². The number of nitrogens with two attached hydrogens (primary N) is 1. The molecule has 0 radical (unpaired) electrons. The number of amides is 2. The van der Waals surface area contributed by atoms with Crippen LogP contribution in [0, 0.1) is 0 Å². The van der Waals surface area contributed by atoms with Gasteiger partial charge in [-0.1, -0.05) is 22.0 Å². The third-order valence-electron chi connectivity index (χ3n) is 3.63. The Hall–Kier alpha value is -2.05. The van der Waals surface area contributed by atoms with Crippen molar-refractivity contribution in [3.05, 3.63) is 58.8 Å². The molecule has 1 aliphatic heterocycles. The number of aromatic nitrogens is 1. The molecule has 6 heteroatoms. The van der Waals surface area contributed by atoms with Crippen molar-refractivity contribution in [2.24, 2.45) is 0 Å². The maximum absolute atomic E-state index is 12.5. The first-order valence-corrected chi connectivity index (χ1v) is 7.79. The predicted molar refractivity (Wildman–Crippen MR) is 84.9 cm³/mol. The van der Waals surface area contributed by atoms with Gasteiger partial charge >= 0.3 is 0 Å². The zero-order chi connectivity index (χ0) is 15.5. The summed E-state index contributed by atoms with van der Waals surface area (Å²) in [6.07, 6.45) is 3.71. The highest BCUT2D eigenvalue weighted by Gasteiger charge is 2.42. The molecule has 1 aromatic heterocycles. The smallest absolute Gasteiger partial charge is 0.292 e. The average Bonchev–Trinajstić information content (AvgIpc) is 2.82. The molecule has 2 amide bonds. The van der Waals surface area contributed by atoms with E-state index in [-0.39, 0.29) is 24.3 Å². The van der Waals surface area contributed by atoms with E-state index in [9.17, 15) is 9.59 Å². The molecule has 1 atom stereocenters. The van der Waals surface area contributed by atoms with Gasteiger partial charge < -0.3 is 5.32 Å². The average molecular weight is 361 g/mol. The summed E-state index contributed by atoms with van der Waals surface area (Å²) in [6.45, 7) is 0.631. The molecule has 1 aliphatic rings. The number of hydrogen-bond acceptors (Lipinski definition) is 3. The van der Waals surface area contributed by atoms with Crippen molar-refractivity contribution >= 4 is 33.4 Å². The third-order valence-corrected chi connectivity index (χ3v) is 4.16. The summed E-state index contributed by atoms with van der Waals surface area (Å²) in [5.74, 6) is -0.309. The molecular formula is C16H15BrN3O2+. The van der Waals surface area contributed by atoms with Crippen molar-refractivity contribution in [3.8, 4) is 0 Å². The molecule has 112 valence electrons. The number of hydrogen-bond donors (Lipinski definition) is 1. The Balaban J connectivity index is 1.70. The van der Waals surface area contributed by atoms with E-state index < -0.39 is 0 Å². The van der Waals surface area contributed by atoms with Crippen LogP contribution < -0.4 is 10.2 Å². The number of carbonyl (C=O) groups excluding carboxylic acids is 2. The number of rotatable bonds is 4. The topological polar surface area (TPSA) is 66.9 Å². The summed E-state index contributed by atoms with van der Waals surface area (Å²) < 4.78 is 0.912. The molecule has 1 fully saturated rings. The fraction of sp³-hybridized carbons (Fsp3) is 0.188. The second-order valence-corrected chi connectivity index (χ2v) is 6.07. The molecule has 0 unspecified atom stereocenters. The molecule has 0 spiro atoms. The van der Waals surface area contributed by atoms with Gasteiger partial charge in [0.25, 0.3) is 5.91 Å². The first-order chi connectivity index (χ1) is 10.6. The van der Waals surface area contributed by atoms with Gasteiger partial charge in [0.2, 0.25) is 5.91 Å². The minimum Gasteiger partial charge on any atom is -0.332 e. The van der Waals surface area contributed by atoms with Gasteiger partial charge in [-0.3, -0.25) is 14.6 Å². The summed E-state index contributed by atoms with van der Waals surface area (Å²) >= 11 is 3.35. The molecule has 3 rings (SSSR count). The quantitative estimate of drug-likeness (QED) is 0.834. The predicted octanol–water partition coefficient (Wildman–Crippen LogP) is 1.24. The van der Waals surface area contributed by atoms with Crippen molar-refractivity contribution in [1.82, 2.24) is 4.98 Å². The second-order valence-electron chi connectivity index (χ2n) is 5.16. The van der Waals surface area contributed by atoms with Crippen LogP contribution in [0.25, 0.3) is 0 Å². The van der Waals surface area contributed by atoms with Crippen LogP contribution in [-0.2, 0) is 16.1 Å². The molecule has 1 aromatic carbocycles. The SMILES string of the molecule is O=C1C[C@H]([NH2+]Cc2cccnc2)C(=O)N1c1ccc(Br)cc1. The van der Waals surface area contributed by atoms with Crippen molar-refractivity contribution in [2.75, 3.05) is 4.90 Å². The first kappa shape index (κ1) is 14.9. The van der Waals surface area contributed by atoms with E-state index in [1.54, 1.807) is 24.5 Å². The zero-order valence-corrected chi connectivity index (χ0v) is 13.4. The van der Waals surface area contributed by atoms with Crippen LogP contribution in [0.1, 0.15) is 12.0 Å². The Bertz CT molecular complexity index is 688. The van der Waals surface area contributed by atoms with Crippen LogP contribution in [0.3, 0.4) is 0 Å². The van der Waals surface area contributed by atoms with Gasteiger partial charge in [0.05, 0.1) is 12.1 Å². The molecule has 0 aliphatic carbocycles. The molecular weight excluding hydrogens is 346 g/mol. The Morgan fingerprint density at radius 3 is 2.68 bits per heavy atom. The molecule has 0 bridgehead atoms. The number of benzene rings is 1. The number of halogens is 1. The van der Waals surface area contributed by atoms with Crippen molar-refractivity contribution in [1.29, 1.82) is 0 Å². The van der Waals surface area contributed by atoms with Crippen LogP contribution in [0.2, 0.25) is 0 Å². The van der Waals surface area contributed by atoms with Crippen LogP contribution in [0.4, 0.5) is 5.69 Å². The van der Waals surface area contributed by atoms with Crippen LogP contribution >= 0.6 is 15.9 Å². The Morgan fingerprint density at radius 1 is 1.23 bits per heavy atom. The number of nitrogens with zero attached hydrogens (tertiary/aromatic N) is 2. The van der Waals surface area contributed by atoms with Crippen LogP contribution in [-0.4, -0.2) is 22.8 Å². The lowest BCUT2D eigenvalue weighted by molar-refractivity contribution is -0.690. The van der Waals surface area contributed by atoms with Crippen LogP contribution in [0.15, 0.2) is 53.3 Å². The highest BCUT2D eigenvalue weighted by Crippen LogP contribution is 2.23. The van der Waals surface area contributed by atoms with Gasteiger partial charge in [-0.2, -0.15) is 0 Å². The van der Waals surface area contributed by atoms with E-state index in [0.29, 0.717) is 12.2 Å². The normalized spacial score (nSPS) is 18.0. The molecule has 2 aromatic rings. The number of anilines is 1. The standard InChI is InChI=1S/C16H14BrN3O2/c17-12-3-5-13(6-4-12)20-15(21)8-14(16(20)22)19-10-11-2-1-7-18-9-11/h1-7,9,14,19H,8,10H2/p+1/t14-/m0/s1. The van der Waals surface area contributed by atoms with Gasteiger partial charge in [-0.05, 0) is 30.3 Å². The van der Waals surface area contributed by atoms with Gasteiger partial charge in [0.15, 0.2) is 6.04 Å². The number of pyridine rings is 1. The first-order valence-electron chi connectivity index (χ1n) is 7.00. The molecule has 22 heavy (non-hydrogen) atoms. The summed E-state index contributed by atoms with van der Waals surface area (Å²) in [7, 11) is 0. The highest BCUT2D eigenvalue weighted by atomic mass is 79.9. The van der Waals surface area contributed by atoms with E-state index in [0.717, 1.165) is 10.0 Å².